The molecule has 5 heteroatoms. The molecular weight excluding hydrogens is 338 g/mol. The summed E-state index contributed by atoms with van der Waals surface area (Å²) in [5, 5.41) is 25.7. The van der Waals surface area contributed by atoms with Crippen LogP contribution in [0, 0.1) is 0 Å². The van der Waals surface area contributed by atoms with Gasteiger partial charge in [0.1, 0.15) is 5.75 Å². The number of pyridine rings is 1. The number of aliphatic hydroxyl groups excluding tert-OH is 1. The molecule has 0 unspecified atom stereocenters. The van der Waals surface area contributed by atoms with Crippen LogP contribution in [0.4, 0.5) is 0 Å². The number of nitrogens with zero attached hydrogens (tertiary/aromatic N) is 3. The van der Waals surface area contributed by atoms with Crippen molar-refractivity contribution in [2.24, 2.45) is 0 Å². The summed E-state index contributed by atoms with van der Waals surface area (Å²) in [6.45, 7) is 0.571. The Morgan fingerprint density at radius 2 is 1.74 bits per heavy atom. The fourth-order valence-electron chi connectivity index (χ4n) is 4.31. The van der Waals surface area contributed by atoms with Crippen molar-refractivity contribution >= 4 is 21.8 Å². The second-order valence-electron chi connectivity index (χ2n) is 7.16. The van der Waals surface area contributed by atoms with Crippen LogP contribution < -0.4 is 0 Å². The number of phenolic OH excluding ortho intramolecular Hbond substituents is 1. The van der Waals surface area contributed by atoms with Gasteiger partial charge in [0.05, 0.1) is 36.1 Å². The Kier molecular flexibility index (Phi) is 3.83. The number of benzene rings is 2. The number of fused-ring (bicyclic) bond motifs is 5. The number of phenols is 1. The maximum absolute atomic E-state index is 9.63. The second kappa shape index (κ2) is 6.35. The molecule has 0 spiro atoms. The highest BCUT2D eigenvalue weighted by Gasteiger charge is 2.21. The van der Waals surface area contributed by atoms with Crippen LogP contribution in [-0.2, 0) is 19.4 Å². The van der Waals surface area contributed by atoms with E-state index < -0.39 is 0 Å². The molecule has 0 aliphatic heterocycles. The first-order valence-corrected chi connectivity index (χ1v) is 9.46. The van der Waals surface area contributed by atoms with Gasteiger partial charge in [0.25, 0.3) is 0 Å². The Balaban J connectivity index is 1.82. The van der Waals surface area contributed by atoms with E-state index in [0.717, 1.165) is 40.5 Å². The summed E-state index contributed by atoms with van der Waals surface area (Å²) in [6.07, 6.45) is 6.33. The summed E-state index contributed by atoms with van der Waals surface area (Å²) < 4.78 is 1.86. The first-order valence-electron chi connectivity index (χ1n) is 9.46. The zero-order chi connectivity index (χ0) is 18.4. The van der Waals surface area contributed by atoms with Gasteiger partial charge in [-0.3, -0.25) is 4.68 Å². The van der Waals surface area contributed by atoms with Gasteiger partial charge in [0, 0.05) is 16.3 Å². The average Bonchev–Trinajstić information content (AvgIpc) is 3.11. The Morgan fingerprint density at radius 1 is 0.963 bits per heavy atom. The van der Waals surface area contributed by atoms with Crippen LogP contribution in [0.25, 0.3) is 33.1 Å². The predicted molar refractivity (Wildman–Crippen MR) is 106 cm³/mol. The van der Waals surface area contributed by atoms with Gasteiger partial charge in [0.2, 0.25) is 0 Å². The maximum atomic E-state index is 9.63. The van der Waals surface area contributed by atoms with E-state index in [1.807, 2.05) is 29.1 Å². The molecule has 2 N–H and O–H groups in total. The van der Waals surface area contributed by atoms with Gasteiger partial charge in [-0.15, -0.1) is 0 Å². The van der Waals surface area contributed by atoms with Crippen LogP contribution in [0.15, 0.2) is 42.6 Å². The van der Waals surface area contributed by atoms with E-state index in [0.29, 0.717) is 6.54 Å². The molecule has 5 nitrogen and oxygen atoms in total. The molecule has 0 radical (unpaired) electrons. The second-order valence-corrected chi connectivity index (χ2v) is 7.16. The summed E-state index contributed by atoms with van der Waals surface area (Å²) in [6, 6.07) is 11.4. The Hall–Kier alpha value is -2.92. The van der Waals surface area contributed by atoms with Crippen LogP contribution in [-0.4, -0.2) is 31.6 Å². The first-order chi connectivity index (χ1) is 13.3. The lowest BCUT2D eigenvalue weighted by Gasteiger charge is -2.22. The third-order valence-electron chi connectivity index (χ3n) is 5.55. The first kappa shape index (κ1) is 16.3. The third-order valence-corrected chi connectivity index (χ3v) is 5.55. The summed E-state index contributed by atoms with van der Waals surface area (Å²) in [4.78, 5) is 5.03. The maximum Gasteiger partial charge on any atom is 0.115 e. The molecular formula is C22H21N3O2. The highest BCUT2D eigenvalue weighted by atomic mass is 16.3. The zero-order valence-electron chi connectivity index (χ0n) is 15.0. The normalized spacial score (nSPS) is 14.0. The van der Waals surface area contributed by atoms with Crippen LogP contribution in [0.2, 0.25) is 0 Å². The topological polar surface area (TPSA) is 71.2 Å². The molecule has 0 amide bonds. The molecule has 136 valence electrons. The minimum atomic E-state index is 0.0744. The molecule has 2 heterocycles. The molecule has 2 aromatic carbocycles. The van der Waals surface area contributed by atoms with Crippen molar-refractivity contribution < 1.29 is 10.2 Å². The minimum absolute atomic E-state index is 0.0744. The quantitative estimate of drug-likeness (QED) is 0.583. The largest absolute Gasteiger partial charge is 0.508 e. The number of rotatable bonds is 3. The van der Waals surface area contributed by atoms with E-state index >= 15 is 0 Å². The van der Waals surface area contributed by atoms with E-state index in [1.54, 1.807) is 12.1 Å². The van der Waals surface area contributed by atoms with Gasteiger partial charge in [0.15, 0.2) is 0 Å². The third kappa shape index (κ3) is 2.58. The summed E-state index contributed by atoms with van der Waals surface area (Å²) in [5.41, 5.74) is 6.80. The van der Waals surface area contributed by atoms with Gasteiger partial charge >= 0.3 is 0 Å². The number of aryl methyl sites for hydroxylation is 1. The Morgan fingerprint density at radius 3 is 2.52 bits per heavy atom. The highest BCUT2D eigenvalue weighted by Crippen LogP contribution is 2.38. The molecule has 0 saturated heterocycles. The zero-order valence-corrected chi connectivity index (χ0v) is 15.0. The van der Waals surface area contributed by atoms with E-state index in [2.05, 4.69) is 11.2 Å². The van der Waals surface area contributed by atoms with Gasteiger partial charge in [-0.2, -0.15) is 5.10 Å². The predicted octanol–water partition coefficient (Wildman–Crippen LogP) is 3.83. The van der Waals surface area contributed by atoms with Gasteiger partial charge in [-0.1, -0.05) is 0 Å². The number of hydrogen-bond donors (Lipinski definition) is 2. The van der Waals surface area contributed by atoms with Gasteiger partial charge in [-0.05, 0) is 73.2 Å². The number of aliphatic hydroxyl groups is 1. The molecule has 4 aromatic rings. The monoisotopic (exact) mass is 359 g/mol. The number of aromatic nitrogens is 3. The number of aromatic hydroxyl groups is 1. The van der Waals surface area contributed by atoms with Gasteiger partial charge in [-0.25, -0.2) is 4.98 Å². The van der Waals surface area contributed by atoms with Crippen molar-refractivity contribution in [2.75, 3.05) is 6.61 Å². The van der Waals surface area contributed by atoms with E-state index in [9.17, 15) is 10.2 Å². The van der Waals surface area contributed by atoms with Crippen molar-refractivity contribution in [3.8, 4) is 17.0 Å². The van der Waals surface area contributed by atoms with Crippen LogP contribution in [0.5, 0.6) is 5.75 Å². The summed E-state index contributed by atoms with van der Waals surface area (Å²) >= 11 is 0. The lowest BCUT2D eigenvalue weighted by atomic mass is 9.85. The Bertz CT molecular complexity index is 1150. The van der Waals surface area contributed by atoms with Crippen LogP contribution in [0.3, 0.4) is 0 Å². The van der Waals surface area contributed by atoms with Crippen molar-refractivity contribution in [3.63, 3.8) is 0 Å². The van der Waals surface area contributed by atoms with Crippen molar-refractivity contribution in [3.05, 3.63) is 53.7 Å². The van der Waals surface area contributed by atoms with E-state index in [-0.39, 0.29) is 12.4 Å². The molecule has 0 saturated carbocycles. The van der Waals surface area contributed by atoms with Crippen molar-refractivity contribution in [1.29, 1.82) is 0 Å². The molecule has 1 aliphatic rings. The average molecular weight is 359 g/mol. The lowest BCUT2D eigenvalue weighted by molar-refractivity contribution is 0.271. The van der Waals surface area contributed by atoms with Gasteiger partial charge < -0.3 is 10.2 Å². The molecule has 5 rings (SSSR count). The highest BCUT2D eigenvalue weighted by molar-refractivity contribution is 6.08. The molecule has 27 heavy (non-hydrogen) atoms. The smallest absolute Gasteiger partial charge is 0.115 e. The molecule has 0 atom stereocenters. The van der Waals surface area contributed by atoms with E-state index in [4.69, 9.17) is 4.98 Å². The van der Waals surface area contributed by atoms with Crippen LogP contribution >= 0.6 is 0 Å². The van der Waals surface area contributed by atoms with Crippen molar-refractivity contribution in [1.82, 2.24) is 14.8 Å². The van der Waals surface area contributed by atoms with E-state index in [1.165, 1.54) is 29.4 Å². The fourth-order valence-corrected chi connectivity index (χ4v) is 4.31. The molecule has 0 fully saturated rings. The van der Waals surface area contributed by atoms with Crippen molar-refractivity contribution in [2.45, 2.75) is 32.2 Å². The minimum Gasteiger partial charge on any atom is -0.508 e. The molecule has 0 bridgehead atoms. The molecule has 2 aromatic heterocycles. The number of hydrogen-bond acceptors (Lipinski definition) is 4. The fraction of sp³-hybridized carbons (Fsp3) is 0.273. The Labute approximate surface area is 156 Å². The SMILES string of the molecule is OCCn1ncc2c3c4c(c(-c5ccc(O)cc5)nc3ccc21)CCCC4. The summed E-state index contributed by atoms with van der Waals surface area (Å²) in [5.74, 6) is 0.270. The van der Waals surface area contributed by atoms with Crippen LogP contribution in [0.1, 0.15) is 24.0 Å². The standard InChI is InChI=1S/C22H21N3O2/c26-12-11-25-20-10-9-19-21(18(20)13-23-25)16-3-1-2-4-17(16)22(24-19)14-5-7-15(27)8-6-14/h5-10,13,26-27H,1-4,11-12H2. The summed E-state index contributed by atoms with van der Waals surface area (Å²) in [7, 11) is 0. The molecule has 1 aliphatic carbocycles. The lowest BCUT2D eigenvalue weighted by Crippen LogP contribution is -2.08.